The second-order valence-electron chi connectivity index (χ2n) is 14.0. The summed E-state index contributed by atoms with van der Waals surface area (Å²) in [5, 5.41) is 24.7. The smallest absolute Gasteiger partial charge is 0.364 e. The number of ether oxygens (including phenoxy) is 5. The van der Waals surface area contributed by atoms with Crippen LogP contribution in [0, 0.1) is 22.7 Å². The van der Waals surface area contributed by atoms with E-state index in [1.165, 1.54) is 39.8 Å². The molecule has 2 saturated carbocycles. The van der Waals surface area contributed by atoms with Crippen molar-refractivity contribution in [2.45, 2.75) is 90.7 Å². The zero-order valence-electron chi connectivity index (χ0n) is 27.7. The van der Waals surface area contributed by atoms with Crippen molar-refractivity contribution >= 4 is 99.3 Å². The number of carbonyl (C=O) groups excluding carboxylic acids is 5. The summed E-state index contributed by atoms with van der Waals surface area (Å²) in [6, 6.07) is 7.70. The number of ketones is 1. The summed E-state index contributed by atoms with van der Waals surface area (Å²) in [5.41, 5.74) is -8.27. The van der Waals surface area contributed by atoms with Crippen LogP contribution in [0.3, 0.4) is 0 Å². The van der Waals surface area contributed by atoms with Crippen molar-refractivity contribution in [1.29, 1.82) is 0 Å². The molecule has 1 unspecified atom stereocenters. The normalized spacial score (nSPS) is 35.9. The molecule has 0 radical (unpaired) electrons. The predicted molar refractivity (Wildman–Crippen MR) is 183 cm³/mol. The van der Waals surface area contributed by atoms with Gasteiger partial charge in [0.15, 0.2) is 11.4 Å². The van der Waals surface area contributed by atoms with E-state index in [9.17, 15) is 29.4 Å². The lowest BCUT2D eigenvalue weighted by Gasteiger charge is -2.67. The minimum absolute atomic E-state index is 0.0460. The summed E-state index contributed by atoms with van der Waals surface area (Å²) in [5.74, 6) is -9.28. The lowest BCUT2D eigenvalue weighted by molar-refractivity contribution is -0.345. The summed E-state index contributed by atoms with van der Waals surface area (Å²) in [6.07, 6.45) is -6.94. The predicted octanol–water partition coefficient (Wildman–Crippen LogP) is 5.13. The van der Waals surface area contributed by atoms with Gasteiger partial charge in [0, 0.05) is 31.1 Å². The Bertz CT molecular complexity index is 1670. The first-order valence-corrected chi connectivity index (χ1v) is 17.9. The van der Waals surface area contributed by atoms with Crippen LogP contribution in [0.4, 0.5) is 0 Å². The number of esters is 4. The van der Waals surface area contributed by atoms with Crippen LogP contribution in [0.1, 0.15) is 57.8 Å². The van der Waals surface area contributed by atoms with Crippen molar-refractivity contribution in [1.82, 2.24) is 0 Å². The van der Waals surface area contributed by atoms with Crippen molar-refractivity contribution in [3.8, 4) is 0 Å². The van der Waals surface area contributed by atoms with Gasteiger partial charge in [-0.05, 0) is 24.6 Å². The molecule has 9 atom stereocenters. The molecule has 18 heteroatoms. The molecule has 2 N–H and O–H groups in total. The fraction of sp³-hybridized carbons (Fsp3) is 0.606. The highest BCUT2D eigenvalue weighted by Crippen LogP contribution is 2.65. The molecular weight excluding hydrogens is 801 g/mol. The number of carbonyl (C=O) groups is 5. The maximum Gasteiger partial charge on any atom is 0.364 e. The first-order chi connectivity index (χ1) is 23.3. The lowest BCUT2D eigenvalue weighted by atomic mass is 9.45. The van der Waals surface area contributed by atoms with Gasteiger partial charge >= 0.3 is 23.9 Å². The van der Waals surface area contributed by atoms with Gasteiger partial charge in [0.05, 0.1) is 29.6 Å². The highest BCUT2D eigenvalue weighted by molar-refractivity contribution is 6.76. The van der Waals surface area contributed by atoms with Crippen molar-refractivity contribution in [3.63, 3.8) is 0 Å². The van der Waals surface area contributed by atoms with Gasteiger partial charge in [0.1, 0.15) is 23.9 Å². The van der Waals surface area contributed by atoms with Gasteiger partial charge in [0.2, 0.25) is 5.78 Å². The Morgan fingerprint density at radius 1 is 0.941 bits per heavy atom. The maximum absolute atomic E-state index is 15.5. The van der Waals surface area contributed by atoms with E-state index in [0.717, 1.165) is 6.92 Å². The van der Waals surface area contributed by atoms with Crippen LogP contribution in [0.2, 0.25) is 0 Å². The van der Waals surface area contributed by atoms with E-state index in [1.807, 2.05) is 0 Å². The Kier molecular flexibility index (Phi) is 10.6. The number of hydrogen-bond acceptors (Lipinski definition) is 12. The van der Waals surface area contributed by atoms with Gasteiger partial charge in [-0.25, -0.2) is 14.4 Å². The number of allylic oxidation sites excluding steroid dienone is 1. The molecule has 51 heavy (non-hydrogen) atoms. The molecule has 5 rings (SSSR count). The van der Waals surface area contributed by atoms with Crippen molar-refractivity contribution in [3.05, 3.63) is 47.2 Å². The van der Waals surface area contributed by atoms with Crippen LogP contribution >= 0.6 is 69.6 Å². The van der Waals surface area contributed by atoms with Gasteiger partial charge < -0.3 is 33.9 Å². The summed E-state index contributed by atoms with van der Waals surface area (Å²) in [6.45, 7) is 6.49. The molecule has 3 aliphatic carbocycles. The van der Waals surface area contributed by atoms with E-state index in [2.05, 4.69) is 0 Å². The van der Waals surface area contributed by atoms with Crippen LogP contribution in [0.15, 0.2) is 41.7 Å². The molecule has 1 saturated heterocycles. The summed E-state index contributed by atoms with van der Waals surface area (Å²) < 4.78 is 24.0. The zero-order chi connectivity index (χ0) is 38.3. The molecule has 1 heterocycles. The number of aliphatic hydroxyl groups is 2. The number of halogens is 6. The molecule has 3 fully saturated rings. The van der Waals surface area contributed by atoms with Crippen LogP contribution < -0.4 is 0 Å². The van der Waals surface area contributed by atoms with E-state index in [1.54, 1.807) is 18.2 Å². The van der Waals surface area contributed by atoms with Crippen molar-refractivity contribution in [2.24, 2.45) is 22.7 Å². The van der Waals surface area contributed by atoms with E-state index in [-0.39, 0.29) is 24.2 Å². The highest BCUT2D eigenvalue weighted by atomic mass is 35.6. The Labute approximate surface area is 322 Å². The second-order valence-corrected chi connectivity index (χ2v) is 18.6. The van der Waals surface area contributed by atoms with Crippen molar-refractivity contribution < 1.29 is 57.9 Å². The van der Waals surface area contributed by atoms with Crippen molar-refractivity contribution in [2.75, 3.05) is 6.61 Å². The number of fused-ring (bicyclic) bond motifs is 5. The van der Waals surface area contributed by atoms with E-state index >= 15 is 4.79 Å². The zero-order valence-corrected chi connectivity index (χ0v) is 32.3. The largest absolute Gasteiger partial charge is 0.458 e. The van der Waals surface area contributed by atoms with E-state index in [0.29, 0.717) is 0 Å². The fourth-order valence-corrected chi connectivity index (χ4v) is 8.50. The molecule has 4 aliphatic rings. The highest BCUT2D eigenvalue weighted by Gasteiger charge is 2.78. The summed E-state index contributed by atoms with van der Waals surface area (Å²) in [4.78, 5) is 68.8. The third kappa shape index (κ3) is 6.54. The minimum Gasteiger partial charge on any atom is -0.458 e. The number of rotatable bonds is 5. The van der Waals surface area contributed by atoms with Gasteiger partial charge in [-0.15, -0.1) is 0 Å². The maximum atomic E-state index is 15.5. The standard InChI is InChI=1S/C33H34Cl6O12/c1-14-17(41)12-31(46)24(50-25(43)16-9-7-6-8-10-16)22-29(5,23(42)21(20(14)28(31,3)4)49-27(45)33(37,38)39)18(48-26(44)32(34,35)36)11-19-30(22,13-47-19)51-15(2)40/h6-10,14,17-19,22,24,41,46H,11-13H2,1-5H3/t14?,17-,18-,19+,22-,24-,29+,30-,31+/m0/s1. The number of Topliss-reactive ketones (excluding diaryl/α,β-unsaturated/α-hetero) is 1. The van der Waals surface area contributed by atoms with E-state index in [4.69, 9.17) is 93.3 Å². The molecule has 0 aromatic heterocycles. The molecular formula is C33H34Cl6O12. The third-order valence-corrected chi connectivity index (χ3v) is 11.8. The molecule has 2 bridgehead atoms. The molecule has 1 aromatic rings. The van der Waals surface area contributed by atoms with Gasteiger partial charge in [-0.1, -0.05) is 109 Å². The Morgan fingerprint density at radius 3 is 2.04 bits per heavy atom. The Balaban J connectivity index is 1.90. The first kappa shape index (κ1) is 40.3. The molecule has 1 aliphatic heterocycles. The third-order valence-electron chi connectivity index (χ3n) is 10.8. The average molecular weight is 835 g/mol. The van der Waals surface area contributed by atoms with Crippen LogP contribution in [0.25, 0.3) is 0 Å². The molecule has 280 valence electrons. The second kappa shape index (κ2) is 13.5. The van der Waals surface area contributed by atoms with Gasteiger partial charge in [-0.3, -0.25) is 9.59 Å². The molecule has 12 nitrogen and oxygen atoms in total. The molecule has 1 aromatic carbocycles. The lowest BCUT2D eigenvalue weighted by Crippen LogP contribution is -2.81. The van der Waals surface area contributed by atoms with Crippen LogP contribution in [-0.4, -0.2) is 89.7 Å². The minimum atomic E-state index is -2.72. The van der Waals surface area contributed by atoms with Gasteiger partial charge in [0.25, 0.3) is 7.59 Å². The number of aliphatic hydroxyl groups excluding tert-OH is 1. The molecule has 0 amide bonds. The molecule has 0 spiro atoms. The van der Waals surface area contributed by atoms with Gasteiger partial charge in [-0.2, -0.15) is 0 Å². The monoisotopic (exact) mass is 832 g/mol. The quantitative estimate of drug-likeness (QED) is 0.228. The topological polar surface area (TPSA) is 172 Å². The SMILES string of the molecule is CC(=O)O[C@@]12CO[C@@H]1C[C@H](OC(=O)C(Cl)(Cl)Cl)[C@@]1(C)C(=O)C(OC(=O)C(Cl)(Cl)Cl)=C3C(C)[C@@H](O)C[C@@](O)([C@@H](OC(=O)c4ccccc4)[C@H]21)C3(C)C. The number of benzene rings is 1. The number of alkyl halides is 6. The van der Waals surface area contributed by atoms with E-state index < -0.39 is 108 Å². The fourth-order valence-electron chi connectivity index (χ4n) is 8.25. The van der Waals surface area contributed by atoms with Crippen LogP contribution in [0.5, 0.6) is 0 Å². The summed E-state index contributed by atoms with van der Waals surface area (Å²) in [7, 11) is 0. The average Bonchev–Trinajstić information content (AvgIpc) is 3.01. The first-order valence-electron chi connectivity index (χ1n) is 15.7. The Morgan fingerprint density at radius 2 is 1.53 bits per heavy atom. The van der Waals surface area contributed by atoms with Crippen LogP contribution in [-0.2, 0) is 42.9 Å². The Hall–Kier alpha value is -1.87. The summed E-state index contributed by atoms with van der Waals surface area (Å²) >= 11 is 35.3. The number of hydrogen-bond donors (Lipinski definition) is 2.